The molecule has 20 heavy (non-hydrogen) atoms. The van der Waals surface area contributed by atoms with E-state index in [1.807, 2.05) is 37.3 Å². The highest BCUT2D eigenvalue weighted by Gasteiger charge is 2.02. The summed E-state index contributed by atoms with van der Waals surface area (Å²) in [5, 5.41) is 6.61. The number of hydrogen-bond acceptors (Lipinski definition) is 3. The Kier molecular flexibility index (Phi) is 4.96. The third-order valence-corrected chi connectivity index (χ3v) is 2.86. The first-order chi connectivity index (χ1) is 9.67. The zero-order valence-corrected chi connectivity index (χ0v) is 11.9. The van der Waals surface area contributed by atoms with Crippen LogP contribution < -0.4 is 10.6 Å². The number of carbonyl (C=O) groups is 1. The van der Waals surface area contributed by atoms with E-state index in [1.165, 1.54) is 0 Å². The largest absolute Gasteiger partial charge is 0.354 e. The first kappa shape index (κ1) is 14.3. The summed E-state index contributed by atoms with van der Waals surface area (Å²) in [4.78, 5) is 15.6. The number of aromatic nitrogens is 1. The average molecular weight is 290 g/mol. The summed E-state index contributed by atoms with van der Waals surface area (Å²) in [6, 6.07) is 11.1. The predicted molar refractivity (Wildman–Crippen MR) is 82.5 cm³/mol. The molecule has 2 rings (SSSR count). The summed E-state index contributed by atoms with van der Waals surface area (Å²) in [7, 11) is 0. The number of rotatable bonds is 5. The molecule has 5 heteroatoms. The van der Waals surface area contributed by atoms with Gasteiger partial charge in [-0.25, -0.2) is 4.98 Å². The van der Waals surface area contributed by atoms with E-state index in [4.69, 9.17) is 11.6 Å². The van der Waals surface area contributed by atoms with Crippen LogP contribution in [0.4, 0.5) is 17.2 Å². The maximum Gasteiger partial charge on any atom is 0.225 e. The molecule has 1 aromatic heterocycles. The van der Waals surface area contributed by atoms with Crippen molar-refractivity contribution >= 4 is 34.7 Å². The van der Waals surface area contributed by atoms with E-state index in [1.54, 1.807) is 12.3 Å². The SMILES string of the molecule is CCCC(=O)Nc1ccc(Nc2cccc(Cl)c2)cn1. The van der Waals surface area contributed by atoms with Crippen LogP contribution in [0.25, 0.3) is 0 Å². The number of hydrogen-bond donors (Lipinski definition) is 2. The molecule has 104 valence electrons. The zero-order chi connectivity index (χ0) is 14.4. The average Bonchev–Trinajstić information content (AvgIpc) is 2.41. The molecule has 1 aromatic carbocycles. The highest BCUT2D eigenvalue weighted by atomic mass is 35.5. The second-order valence-electron chi connectivity index (χ2n) is 4.37. The van der Waals surface area contributed by atoms with Gasteiger partial charge in [0.2, 0.25) is 5.91 Å². The van der Waals surface area contributed by atoms with Crippen LogP contribution in [0.15, 0.2) is 42.6 Å². The molecule has 0 spiro atoms. The minimum atomic E-state index is -0.0180. The molecular weight excluding hydrogens is 274 g/mol. The standard InChI is InChI=1S/C15H16ClN3O/c1-2-4-15(20)19-14-8-7-13(10-17-14)18-12-6-3-5-11(16)9-12/h3,5-10,18H,2,4H2,1H3,(H,17,19,20). The first-order valence-corrected chi connectivity index (χ1v) is 6.83. The summed E-state index contributed by atoms with van der Waals surface area (Å²) in [6.45, 7) is 1.96. The smallest absolute Gasteiger partial charge is 0.225 e. The minimum Gasteiger partial charge on any atom is -0.354 e. The predicted octanol–water partition coefficient (Wildman–Crippen LogP) is 4.22. The van der Waals surface area contributed by atoms with E-state index in [9.17, 15) is 4.79 Å². The normalized spacial score (nSPS) is 10.1. The molecule has 1 amide bonds. The first-order valence-electron chi connectivity index (χ1n) is 6.46. The van der Waals surface area contributed by atoms with E-state index >= 15 is 0 Å². The quantitative estimate of drug-likeness (QED) is 0.866. The fourth-order valence-electron chi connectivity index (χ4n) is 1.71. The third kappa shape index (κ3) is 4.24. The number of nitrogens with one attached hydrogen (secondary N) is 2. The van der Waals surface area contributed by atoms with Gasteiger partial charge in [-0.15, -0.1) is 0 Å². The Morgan fingerprint density at radius 3 is 2.75 bits per heavy atom. The Labute approximate surface area is 123 Å². The molecule has 0 saturated carbocycles. The number of anilines is 3. The van der Waals surface area contributed by atoms with Crippen molar-refractivity contribution < 1.29 is 4.79 Å². The van der Waals surface area contributed by atoms with Gasteiger partial charge in [0, 0.05) is 17.1 Å². The van der Waals surface area contributed by atoms with Crippen LogP contribution in [0.5, 0.6) is 0 Å². The minimum absolute atomic E-state index is 0.0180. The molecule has 0 saturated heterocycles. The number of amides is 1. The summed E-state index contributed by atoms with van der Waals surface area (Å²) >= 11 is 5.92. The van der Waals surface area contributed by atoms with Crippen molar-refractivity contribution in [2.24, 2.45) is 0 Å². The molecule has 0 radical (unpaired) electrons. The Morgan fingerprint density at radius 2 is 2.10 bits per heavy atom. The number of pyridine rings is 1. The van der Waals surface area contributed by atoms with Crippen LogP contribution in [0, 0.1) is 0 Å². The van der Waals surface area contributed by atoms with Gasteiger partial charge in [0.25, 0.3) is 0 Å². The van der Waals surface area contributed by atoms with Crippen molar-refractivity contribution in [3.8, 4) is 0 Å². The molecule has 0 atom stereocenters. The Hall–Kier alpha value is -2.07. The highest BCUT2D eigenvalue weighted by Crippen LogP contribution is 2.20. The van der Waals surface area contributed by atoms with Crippen molar-refractivity contribution in [3.05, 3.63) is 47.6 Å². The molecule has 0 fully saturated rings. The lowest BCUT2D eigenvalue weighted by molar-refractivity contribution is -0.116. The maximum absolute atomic E-state index is 11.4. The Morgan fingerprint density at radius 1 is 1.25 bits per heavy atom. The fraction of sp³-hybridized carbons (Fsp3) is 0.200. The molecular formula is C15H16ClN3O. The summed E-state index contributed by atoms with van der Waals surface area (Å²) in [6.07, 6.45) is 2.99. The van der Waals surface area contributed by atoms with Gasteiger partial charge >= 0.3 is 0 Å². The molecule has 4 nitrogen and oxygen atoms in total. The lowest BCUT2D eigenvalue weighted by Gasteiger charge is -2.08. The van der Waals surface area contributed by atoms with E-state index in [0.717, 1.165) is 17.8 Å². The second kappa shape index (κ2) is 6.91. The van der Waals surface area contributed by atoms with Crippen molar-refractivity contribution in [1.82, 2.24) is 4.98 Å². The van der Waals surface area contributed by atoms with Gasteiger partial charge in [-0.1, -0.05) is 24.6 Å². The molecule has 0 bridgehead atoms. The molecule has 2 N–H and O–H groups in total. The molecule has 0 aliphatic carbocycles. The summed E-state index contributed by atoms with van der Waals surface area (Å²) in [5.74, 6) is 0.538. The molecule has 0 unspecified atom stereocenters. The van der Waals surface area contributed by atoms with Crippen LogP contribution in [0.1, 0.15) is 19.8 Å². The van der Waals surface area contributed by atoms with Gasteiger partial charge < -0.3 is 10.6 Å². The molecule has 1 heterocycles. The number of nitrogens with zero attached hydrogens (tertiary/aromatic N) is 1. The number of carbonyl (C=O) groups excluding carboxylic acids is 1. The molecule has 0 aliphatic rings. The van der Waals surface area contributed by atoms with Gasteiger partial charge in [-0.05, 0) is 36.8 Å². The zero-order valence-electron chi connectivity index (χ0n) is 11.2. The van der Waals surface area contributed by atoms with Crippen LogP contribution in [0.2, 0.25) is 5.02 Å². The highest BCUT2D eigenvalue weighted by molar-refractivity contribution is 6.30. The van der Waals surface area contributed by atoms with E-state index in [2.05, 4.69) is 15.6 Å². The summed E-state index contributed by atoms with van der Waals surface area (Å²) < 4.78 is 0. The van der Waals surface area contributed by atoms with Crippen LogP contribution >= 0.6 is 11.6 Å². The van der Waals surface area contributed by atoms with Gasteiger partial charge in [-0.2, -0.15) is 0 Å². The van der Waals surface area contributed by atoms with Crippen molar-refractivity contribution in [1.29, 1.82) is 0 Å². The van der Waals surface area contributed by atoms with E-state index in [-0.39, 0.29) is 5.91 Å². The Balaban J connectivity index is 1.99. The summed E-state index contributed by atoms with van der Waals surface area (Å²) in [5.41, 5.74) is 1.72. The van der Waals surface area contributed by atoms with Gasteiger partial charge in [0.15, 0.2) is 0 Å². The van der Waals surface area contributed by atoms with Gasteiger partial charge in [0.1, 0.15) is 5.82 Å². The fourth-order valence-corrected chi connectivity index (χ4v) is 1.90. The lowest BCUT2D eigenvalue weighted by atomic mass is 10.3. The third-order valence-electron chi connectivity index (χ3n) is 2.62. The Bertz CT molecular complexity index is 584. The van der Waals surface area contributed by atoms with Gasteiger partial charge in [0.05, 0.1) is 11.9 Å². The second-order valence-corrected chi connectivity index (χ2v) is 4.80. The monoisotopic (exact) mass is 289 g/mol. The van der Waals surface area contributed by atoms with E-state index < -0.39 is 0 Å². The topological polar surface area (TPSA) is 54.0 Å². The van der Waals surface area contributed by atoms with Crippen molar-refractivity contribution in [2.45, 2.75) is 19.8 Å². The van der Waals surface area contributed by atoms with Crippen LogP contribution in [-0.4, -0.2) is 10.9 Å². The molecule has 2 aromatic rings. The van der Waals surface area contributed by atoms with Crippen LogP contribution in [0.3, 0.4) is 0 Å². The number of halogens is 1. The van der Waals surface area contributed by atoms with Crippen LogP contribution in [-0.2, 0) is 4.79 Å². The number of benzene rings is 1. The van der Waals surface area contributed by atoms with Crippen molar-refractivity contribution in [2.75, 3.05) is 10.6 Å². The van der Waals surface area contributed by atoms with Gasteiger partial charge in [-0.3, -0.25) is 4.79 Å². The lowest BCUT2D eigenvalue weighted by Crippen LogP contribution is -2.11. The van der Waals surface area contributed by atoms with E-state index in [0.29, 0.717) is 17.3 Å². The molecule has 0 aliphatic heterocycles. The van der Waals surface area contributed by atoms with Crippen molar-refractivity contribution in [3.63, 3.8) is 0 Å². The maximum atomic E-state index is 11.4.